The summed E-state index contributed by atoms with van der Waals surface area (Å²) in [6.07, 6.45) is 0.0895. The monoisotopic (exact) mass is 154 g/mol. The summed E-state index contributed by atoms with van der Waals surface area (Å²) in [6.45, 7) is 1.54. The SMILES string of the molecule is CCC1(O)OS(=O)(=O)O1. The number of rotatable bonds is 1. The maximum absolute atomic E-state index is 10.1. The van der Waals surface area contributed by atoms with Gasteiger partial charge in [0, 0.05) is 6.42 Å². The lowest BCUT2D eigenvalue weighted by atomic mass is 10.4. The molecule has 0 aromatic carbocycles. The fourth-order valence-corrected chi connectivity index (χ4v) is 1.33. The third-order valence-corrected chi connectivity index (χ3v) is 1.84. The molecule has 0 amide bonds. The number of hydrogen-bond acceptors (Lipinski definition) is 5. The Morgan fingerprint density at radius 3 is 2.11 bits per heavy atom. The Balaban J connectivity index is 2.61. The Kier molecular flexibility index (Phi) is 1.28. The van der Waals surface area contributed by atoms with Gasteiger partial charge in [0.1, 0.15) is 0 Å². The van der Waals surface area contributed by atoms with E-state index in [0.29, 0.717) is 0 Å². The molecule has 1 rings (SSSR count). The van der Waals surface area contributed by atoms with E-state index in [1.165, 1.54) is 6.92 Å². The molecule has 0 radical (unpaired) electrons. The zero-order chi connectivity index (χ0) is 7.12. The van der Waals surface area contributed by atoms with E-state index in [9.17, 15) is 8.42 Å². The number of aliphatic hydroxyl groups is 1. The topological polar surface area (TPSA) is 72.8 Å². The zero-order valence-electron chi connectivity index (χ0n) is 4.70. The quantitative estimate of drug-likeness (QED) is 0.542. The van der Waals surface area contributed by atoms with Crippen molar-refractivity contribution in [3.05, 3.63) is 0 Å². The van der Waals surface area contributed by atoms with Crippen LogP contribution in [0.2, 0.25) is 0 Å². The van der Waals surface area contributed by atoms with Gasteiger partial charge in [0.2, 0.25) is 0 Å². The van der Waals surface area contributed by atoms with Crippen LogP contribution >= 0.6 is 0 Å². The van der Waals surface area contributed by atoms with Crippen LogP contribution in [-0.4, -0.2) is 19.5 Å². The van der Waals surface area contributed by atoms with Crippen molar-refractivity contribution in [3.8, 4) is 0 Å². The van der Waals surface area contributed by atoms with Crippen molar-refractivity contribution < 1.29 is 21.9 Å². The van der Waals surface area contributed by atoms with Gasteiger partial charge in [-0.15, -0.1) is 0 Å². The molecule has 0 spiro atoms. The molecule has 0 unspecified atom stereocenters. The molecular formula is C3H6O5S. The van der Waals surface area contributed by atoms with E-state index in [-0.39, 0.29) is 6.42 Å². The van der Waals surface area contributed by atoms with Gasteiger partial charge in [-0.05, 0) is 0 Å². The van der Waals surface area contributed by atoms with Crippen LogP contribution in [0.15, 0.2) is 0 Å². The largest absolute Gasteiger partial charge is 0.409 e. The molecular weight excluding hydrogens is 148 g/mol. The first-order chi connectivity index (χ1) is 3.97. The van der Waals surface area contributed by atoms with Crippen molar-refractivity contribution >= 4 is 10.4 Å². The summed E-state index contributed by atoms with van der Waals surface area (Å²) in [5.41, 5.74) is 0. The van der Waals surface area contributed by atoms with E-state index in [0.717, 1.165) is 0 Å². The van der Waals surface area contributed by atoms with Gasteiger partial charge in [-0.3, -0.25) is 0 Å². The second-order valence-electron chi connectivity index (χ2n) is 1.64. The third-order valence-electron chi connectivity index (χ3n) is 0.911. The molecule has 0 aliphatic carbocycles. The summed E-state index contributed by atoms with van der Waals surface area (Å²) in [5, 5.41) is 8.73. The maximum Gasteiger partial charge on any atom is 0.409 e. The summed E-state index contributed by atoms with van der Waals surface area (Å²) in [7, 11) is -3.85. The smallest absolute Gasteiger partial charge is 0.342 e. The molecule has 1 heterocycles. The Hall–Kier alpha value is -0.170. The van der Waals surface area contributed by atoms with Gasteiger partial charge < -0.3 is 5.11 Å². The van der Waals surface area contributed by atoms with Gasteiger partial charge in [0.05, 0.1) is 0 Å². The van der Waals surface area contributed by atoms with Gasteiger partial charge in [0.25, 0.3) is 0 Å². The summed E-state index contributed by atoms with van der Waals surface area (Å²) >= 11 is 0. The van der Waals surface area contributed by atoms with Gasteiger partial charge in [-0.2, -0.15) is 16.8 Å². The molecule has 0 aromatic rings. The minimum atomic E-state index is -3.85. The lowest BCUT2D eigenvalue weighted by molar-refractivity contribution is -0.326. The predicted octanol–water partition coefficient (Wildman–Crippen LogP) is -0.666. The van der Waals surface area contributed by atoms with Gasteiger partial charge >= 0.3 is 16.4 Å². The van der Waals surface area contributed by atoms with E-state index >= 15 is 0 Å². The molecule has 1 aliphatic heterocycles. The van der Waals surface area contributed by atoms with Crippen LogP contribution in [0.1, 0.15) is 13.3 Å². The summed E-state index contributed by atoms with van der Waals surface area (Å²) in [5.74, 6) is -1.89. The van der Waals surface area contributed by atoms with E-state index < -0.39 is 16.4 Å². The molecule has 54 valence electrons. The van der Waals surface area contributed by atoms with Crippen molar-refractivity contribution in [2.45, 2.75) is 19.3 Å². The standard InChI is InChI=1S/C3H6O5S/c1-2-3(4)7-9(5,6)8-3/h4H,2H2,1H3. The molecule has 1 saturated heterocycles. The Morgan fingerprint density at radius 2 is 2.00 bits per heavy atom. The Bertz CT molecular complexity index is 192. The zero-order valence-corrected chi connectivity index (χ0v) is 5.51. The Morgan fingerprint density at radius 1 is 1.56 bits per heavy atom. The van der Waals surface area contributed by atoms with Crippen molar-refractivity contribution in [1.29, 1.82) is 0 Å². The molecule has 0 saturated carbocycles. The molecule has 6 heteroatoms. The van der Waals surface area contributed by atoms with Crippen LogP contribution in [-0.2, 0) is 18.8 Å². The average molecular weight is 154 g/mol. The summed E-state index contributed by atoms with van der Waals surface area (Å²) in [6, 6.07) is 0. The van der Waals surface area contributed by atoms with Crippen LogP contribution in [0.25, 0.3) is 0 Å². The van der Waals surface area contributed by atoms with Gasteiger partial charge in [-0.25, -0.2) is 0 Å². The van der Waals surface area contributed by atoms with E-state index in [4.69, 9.17) is 5.11 Å². The number of hydrogen-bond donors (Lipinski definition) is 1. The van der Waals surface area contributed by atoms with Crippen LogP contribution in [0.3, 0.4) is 0 Å². The van der Waals surface area contributed by atoms with Crippen molar-refractivity contribution in [1.82, 2.24) is 0 Å². The van der Waals surface area contributed by atoms with Crippen LogP contribution < -0.4 is 0 Å². The lowest BCUT2D eigenvalue weighted by Crippen LogP contribution is -2.49. The summed E-state index contributed by atoms with van der Waals surface area (Å²) in [4.78, 5) is 0. The molecule has 1 N–H and O–H groups in total. The summed E-state index contributed by atoms with van der Waals surface area (Å²) < 4.78 is 28.1. The molecule has 5 nitrogen and oxygen atoms in total. The maximum atomic E-state index is 10.1. The highest BCUT2D eigenvalue weighted by Gasteiger charge is 2.49. The highest BCUT2D eigenvalue weighted by atomic mass is 32.3. The molecule has 0 aromatic heterocycles. The first-order valence-electron chi connectivity index (χ1n) is 2.36. The molecule has 9 heavy (non-hydrogen) atoms. The van der Waals surface area contributed by atoms with Gasteiger partial charge in [-0.1, -0.05) is 6.92 Å². The fourth-order valence-electron chi connectivity index (χ4n) is 0.443. The van der Waals surface area contributed by atoms with Gasteiger partial charge in [0.15, 0.2) is 0 Å². The molecule has 1 aliphatic rings. The van der Waals surface area contributed by atoms with Crippen molar-refractivity contribution in [3.63, 3.8) is 0 Å². The Labute approximate surface area is 52.5 Å². The lowest BCUT2D eigenvalue weighted by Gasteiger charge is -2.32. The highest BCUT2D eigenvalue weighted by Crippen LogP contribution is 2.30. The fraction of sp³-hybridized carbons (Fsp3) is 1.00. The molecule has 1 fully saturated rings. The van der Waals surface area contributed by atoms with E-state index in [2.05, 4.69) is 8.37 Å². The van der Waals surface area contributed by atoms with Crippen molar-refractivity contribution in [2.75, 3.05) is 0 Å². The minimum Gasteiger partial charge on any atom is -0.342 e. The van der Waals surface area contributed by atoms with Crippen LogP contribution in [0, 0.1) is 0 Å². The molecule has 0 bridgehead atoms. The second-order valence-corrected chi connectivity index (χ2v) is 2.79. The van der Waals surface area contributed by atoms with Crippen LogP contribution in [0.4, 0.5) is 0 Å². The molecule has 0 atom stereocenters. The highest BCUT2D eigenvalue weighted by molar-refractivity contribution is 7.82. The first-order valence-corrected chi connectivity index (χ1v) is 3.69. The van der Waals surface area contributed by atoms with E-state index in [1.807, 2.05) is 0 Å². The van der Waals surface area contributed by atoms with E-state index in [1.54, 1.807) is 0 Å². The predicted molar refractivity (Wildman–Crippen MR) is 26.3 cm³/mol. The first kappa shape index (κ1) is 6.94. The third kappa shape index (κ3) is 1.21. The minimum absolute atomic E-state index is 0.0895. The van der Waals surface area contributed by atoms with Crippen molar-refractivity contribution in [2.24, 2.45) is 0 Å². The second kappa shape index (κ2) is 1.66. The average Bonchev–Trinajstić information content (AvgIpc) is 1.61. The van der Waals surface area contributed by atoms with Crippen LogP contribution in [0.5, 0.6) is 0 Å². The normalized spacial score (nSPS) is 29.1.